The first kappa shape index (κ1) is 13.7. The third-order valence-corrected chi connectivity index (χ3v) is 3.17. The van der Waals surface area contributed by atoms with Gasteiger partial charge in [0.1, 0.15) is 5.75 Å². The van der Waals surface area contributed by atoms with E-state index < -0.39 is 10.0 Å². The summed E-state index contributed by atoms with van der Waals surface area (Å²) in [7, 11) is -3.65. The smallest absolute Gasteiger partial charge is 0.238 e. The van der Waals surface area contributed by atoms with Gasteiger partial charge in [0.15, 0.2) is 0 Å². The maximum Gasteiger partial charge on any atom is 0.238 e. The Balaban J connectivity index is 2.80. The summed E-state index contributed by atoms with van der Waals surface area (Å²) in [5.74, 6) is 0.665. The minimum absolute atomic E-state index is 0.0993. The van der Waals surface area contributed by atoms with Gasteiger partial charge in [-0.05, 0) is 37.6 Å². The summed E-state index contributed by atoms with van der Waals surface area (Å²) in [6.07, 6.45) is 0.774. The quantitative estimate of drug-likeness (QED) is 0.818. The number of nitrogens with two attached hydrogens (primary N) is 1. The Bertz CT molecular complexity index is 521. The molecule has 0 aromatic heterocycles. The van der Waals surface area contributed by atoms with Gasteiger partial charge in [0, 0.05) is 6.42 Å². The van der Waals surface area contributed by atoms with Crippen molar-refractivity contribution in [2.45, 2.75) is 25.2 Å². The molecule has 1 aromatic carbocycles. The van der Waals surface area contributed by atoms with Crippen LogP contribution < -0.4 is 9.88 Å². The van der Waals surface area contributed by atoms with Crippen molar-refractivity contribution < 1.29 is 13.2 Å². The predicted molar refractivity (Wildman–Crippen MR) is 67.5 cm³/mol. The van der Waals surface area contributed by atoms with Crippen LogP contribution in [0.25, 0.3) is 0 Å². The molecule has 0 aliphatic carbocycles. The van der Waals surface area contributed by atoms with Crippen LogP contribution in [0.1, 0.15) is 18.9 Å². The Morgan fingerprint density at radius 2 is 2.12 bits per heavy atom. The highest BCUT2D eigenvalue weighted by Gasteiger charge is 2.09. The summed E-state index contributed by atoms with van der Waals surface area (Å²) in [5.41, 5.74) is 1.79. The Labute approximate surface area is 102 Å². The molecular weight excluding hydrogens is 238 g/mol. The van der Waals surface area contributed by atoms with E-state index in [2.05, 4.69) is 6.58 Å². The molecule has 94 valence electrons. The zero-order valence-corrected chi connectivity index (χ0v) is 10.9. The van der Waals surface area contributed by atoms with Gasteiger partial charge in [-0.3, -0.25) is 0 Å². The molecule has 0 aliphatic rings. The number of hydrogen-bond donors (Lipinski definition) is 1. The molecule has 0 atom stereocenters. The zero-order chi connectivity index (χ0) is 13.1. The maximum atomic E-state index is 11.1. The summed E-state index contributed by atoms with van der Waals surface area (Å²) >= 11 is 0. The van der Waals surface area contributed by atoms with E-state index in [0.717, 1.165) is 17.6 Å². The second-order valence-electron chi connectivity index (χ2n) is 4.03. The molecule has 0 heterocycles. The molecule has 0 radical (unpaired) electrons. The van der Waals surface area contributed by atoms with Crippen LogP contribution in [-0.4, -0.2) is 15.0 Å². The summed E-state index contributed by atoms with van der Waals surface area (Å²) < 4.78 is 27.8. The Kier molecular flexibility index (Phi) is 4.31. The van der Waals surface area contributed by atoms with Crippen LogP contribution in [0.2, 0.25) is 0 Å². The fraction of sp³-hybridized carbons (Fsp3) is 0.333. The second-order valence-corrected chi connectivity index (χ2v) is 5.59. The molecule has 0 saturated carbocycles. The van der Waals surface area contributed by atoms with Gasteiger partial charge in [-0.2, -0.15) is 0 Å². The largest absolute Gasteiger partial charge is 0.493 e. The summed E-state index contributed by atoms with van der Waals surface area (Å²) in [6, 6.07) is 4.57. The minimum atomic E-state index is -3.65. The number of hydrogen-bond acceptors (Lipinski definition) is 3. The Morgan fingerprint density at radius 1 is 1.47 bits per heavy atom. The van der Waals surface area contributed by atoms with Gasteiger partial charge in [0.25, 0.3) is 0 Å². The lowest BCUT2D eigenvalue weighted by Gasteiger charge is -2.10. The van der Waals surface area contributed by atoms with E-state index in [1.165, 1.54) is 12.1 Å². The van der Waals surface area contributed by atoms with E-state index in [1.807, 2.05) is 6.92 Å². The van der Waals surface area contributed by atoms with Gasteiger partial charge < -0.3 is 4.74 Å². The lowest BCUT2D eigenvalue weighted by molar-refractivity contribution is 0.319. The molecule has 0 bridgehead atoms. The van der Waals surface area contributed by atoms with Crippen LogP contribution in [0.4, 0.5) is 0 Å². The Morgan fingerprint density at radius 3 is 2.59 bits per heavy atom. The number of rotatable bonds is 5. The topological polar surface area (TPSA) is 69.4 Å². The average Bonchev–Trinajstić information content (AvgIpc) is 2.18. The predicted octanol–water partition coefficient (Wildman–Crippen LogP) is 1.99. The molecule has 1 aromatic rings. The fourth-order valence-corrected chi connectivity index (χ4v) is 1.89. The van der Waals surface area contributed by atoms with Crippen LogP contribution in [0, 0.1) is 6.92 Å². The number of benzene rings is 1. The normalized spacial score (nSPS) is 11.2. The van der Waals surface area contributed by atoms with E-state index in [1.54, 1.807) is 13.0 Å². The minimum Gasteiger partial charge on any atom is -0.493 e. The lowest BCUT2D eigenvalue weighted by atomic mass is 10.2. The standard InChI is InChI=1S/C12H17NO3S/c1-9(2)6-7-16-12-5-4-11(8-10(12)3)17(13,14)15/h4-5,8H,1,6-7H2,2-3H3,(H2,13,14,15). The van der Waals surface area contributed by atoms with E-state index >= 15 is 0 Å². The highest BCUT2D eigenvalue weighted by atomic mass is 32.2. The number of sulfonamides is 1. The van der Waals surface area contributed by atoms with Gasteiger partial charge in [0.05, 0.1) is 11.5 Å². The molecule has 4 nitrogen and oxygen atoms in total. The number of primary sulfonamides is 1. The van der Waals surface area contributed by atoms with Gasteiger partial charge in [0.2, 0.25) is 10.0 Å². The van der Waals surface area contributed by atoms with Crippen molar-refractivity contribution in [2.75, 3.05) is 6.61 Å². The third-order valence-electron chi connectivity index (χ3n) is 2.26. The van der Waals surface area contributed by atoms with Crippen molar-refractivity contribution in [2.24, 2.45) is 5.14 Å². The zero-order valence-electron chi connectivity index (χ0n) is 10.1. The molecular formula is C12H17NO3S. The van der Waals surface area contributed by atoms with Crippen molar-refractivity contribution in [1.82, 2.24) is 0 Å². The fourth-order valence-electron chi connectivity index (χ4n) is 1.30. The van der Waals surface area contributed by atoms with Crippen LogP contribution in [-0.2, 0) is 10.0 Å². The molecule has 0 spiro atoms. The first-order valence-corrected chi connectivity index (χ1v) is 6.76. The van der Waals surface area contributed by atoms with Gasteiger partial charge in [-0.15, -0.1) is 6.58 Å². The van der Waals surface area contributed by atoms with Crippen molar-refractivity contribution in [3.05, 3.63) is 35.9 Å². The van der Waals surface area contributed by atoms with Crippen LogP contribution in [0.3, 0.4) is 0 Å². The average molecular weight is 255 g/mol. The molecule has 2 N–H and O–H groups in total. The van der Waals surface area contributed by atoms with E-state index in [4.69, 9.17) is 9.88 Å². The van der Waals surface area contributed by atoms with Crippen LogP contribution in [0.15, 0.2) is 35.2 Å². The molecule has 1 rings (SSSR count). The SMILES string of the molecule is C=C(C)CCOc1ccc(S(N)(=O)=O)cc1C. The molecule has 0 aliphatic heterocycles. The highest BCUT2D eigenvalue weighted by Crippen LogP contribution is 2.21. The van der Waals surface area contributed by atoms with Crippen molar-refractivity contribution in [3.8, 4) is 5.75 Å². The van der Waals surface area contributed by atoms with Gasteiger partial charge in [-0.1, -0.05) is 5.57 Å². The van der Waals surface area contributed by atoms with E-state index in [-0.39, 0.29) is 4.90 Å². The first-order chi connectivity index (χ1) is 7.80. The maximum absolute atomic E-state index is 11.1. The van der Waals surface area contributed by atoms with Crippen molar-refractivity contribution >= 4 is 10.0 Å². The Hall–Kier alpha value is -1.33. The molecule has 0 unspecified atom stereocenters. The monoisotopic (exact) mass is 255 g/mol. The van der Waals surface area contributed by atoms with Gasteiger partial charge >= 0.3 is 0 Å². The number of aryl methyl sites for hydroxylation is 1. The molecule has 0 saturated heterocycles. The van der Waals surface area contributed by atoms with Crippen LogP contribution >= 0.6 is 0 Å². The van der Waals surface area contributed by atoms with Crippen LogP contribution in [0.5, 0.6) is 5.75 Å². The van der Waals surface area contributed by atoms with E-state index in [9.17, 15) is 8.42 Å². The molecule has 0 amide bonds. The second kappa shape index (κ2) is 5.33. The molecule has 5 heteroatoms. The summed E-state index contributed by atoms with van der Waals surface area (Å²) in [6.45, 7) is 8.03. The van der Waals surface area contributed by atoms with Crippen molar-refractivity contribution in [3.63, 3.8) is 0 Å². The lowest BCUT2D eigenvalue weighted by Crippen LogP contribution is -2.12. The van der Waals surface area contributed by atoms with Gasteiger partial charge in [-0.25, -0.2) is 13.6 Å². The summed E-state index contributed by atoms with van der Waals surface area (Å²) in [5, 5.41) is 5.04. The molecule has 0 fully saturated rings. The highest BCUT2D eigenvalue weighted by molar-refractivity contribution is 7.89. The summed E-state index contributed by atoms with van der Waals surface area (Å²) in [4.78, 5) is 0.0993. The number of ether oxygens (including phenoxy) is 1. The third kappa shape index (κ3) is 4.20. The first-order valence-electron chi connectivity index (χ1n) is 5.21. The van der Waals surface area contributed by atoms with E-state index in [0.29, 0.717) is 12.4 Å². The molecule has 17 heavy (non-hydrogen) atoms. The van der Waals surface area contributed by atoms with Crippen molar-refractivity contribution in [1.29, 1.82) is 0 Å².